The monoisotopic (exact) mass is 823 g/mol. The van der Waals surface area contributed by atoms with E-state index in [1.54, 1.807) is 29.1 Å². The number of dihydropyridines is 1. The van der Waals surface area contributed by atoms with E-state index in [0.717, 1.165) is 87.4 Å². The Morgan fingerprint density at radius 1 is 0.758 bits per heavy atom. The molecule has 0 spiro atoms. The molecule has 0 radical (unpaired) electrons. The minimum Gasteiger partial charge on any atom is -0.371 e. The first-order valence-electron chi connectivity index (χ1n) is 20.8. The van der Waals surface area contributed by atoms with Crippen molar-refractivity contribution >= 4 is 29.7 Å². The van der Waals surface area contributed by atoms with Gasteiger partial charge in [-0.25, -0.2) is 4.99 Å². The van der Waals surface area contributed by atoms with Crippen molar-refractivity contribution in [2.24, 2.45) is 15.2 Å². The number of anilines is 1. The molecular formula is C52H40F3N5O2. The van der Waals surface area contributed by atoms with Crippen LogP contribution in [0.3, 0.4) is 0 Å². The Kier molecular flexibility index (Phi) is 10.1. The Hall–Kier alpha value is -7.20. The number of amides is 1. The molecule has 306 valence electrons. The average Bonchev–Trinajstić information content (AvgIpc) is 3.96. The second kappa shape index (κ2) is 16.0. The summed E-state index contributed by atoms with van der Waals surface area (Å²) in [5, 5.41) is 7.17. The van der Waals surface area contributed by atoms with Crippen LogP contribution in [0.15, 0.2) is 177 Å². The van der Waals surface area contributed by atoms with E-state index in [9.17, 15) is 22.8 Å². The van der Waals surface area contributed by atoms with Gasteiger partial charge in [0.2, 0.25) is 0 Å². The van der Waals surface area contributed by atoms with Crippen LogP contribution in [0, 0.1) is 0 Å². The molecule has 0 saturated carbocycles. The van der Waals surface area contributed by atoms with Gasteiger partial charge in [-0.3, -0.25) is 14.2 Å². The lowest BCUT2D eigenvalue weighted by Crippen LogP contribution is -2.24. The van der Waals surface area contributed by atoms with Crippen LogP contribution in [0.5, 0.6) is 0 Å². The fourth-order valence-corrected chi connectivity index (χ4v) is 9.47. The molecule has 4 heterocycles. The van der Waals surface area contributed by atoms with E-state index in [0.29, 0.717) is 12.1 Å². The molecule has 0 saturated heterocycles. The van der Waals surface area contributed by atoms with Crippen LogP contribution in [0.4, 0.5) is 18.9 Å². The second-order valence-corrected chi connectivity index (χ2v) is 16.1. The summed E-state index contributed by atoms with van der Waals surface area (Å²) >= 11 is 0. The van der Waals surface area contributed by atoms with Crippen LogP contribution in [0.2, 0.25) is 0 Å². The number of carbonyl (C=O) groups excluding carboxylic acids is 1. The lowest BCUT2D eigenvalue weighted by molar-refractivity contribution is -0.111. The summed E-state index contributed by atoms with van der Waals surface area (Å²) in [6.45, 7) is 1.77. The van der Waals surface area contributed by atoms with Crippen molar-refractivity contribution in [1.82, 2.24) is 4.57 Å². The Labute approximate surface area is 356 Å². The largest absolute Gasteiger partial charge is 0.412 e. The van der Waals surface area contributed by atoms with Gasteiger partial charge in [-0.1, -0.05) is 103 Å². The van der Waals surface area contributed by atoms with Crippen molar-refractivity contribution in [2.45, 2.75) is 43.7 Å². The number of nitrogens with zero attached hydrogens (tertiary/aromatic N) is 5. The van der Waals surface area contributed by atoms with E-state index in [1.165, 1.54) is 29.5 Å². The highest BCUT2D eigenvalue weighted by Crippen LogP contribution is 2.50. The molecule has 6 aromatic rings. The number of alkyl halides is 3. The zero-order valence-electron chi connectivity index (χ0n) is 33.6. The minimum absolute atomic E-state index is 0.0476. The third-order valence-corrected chi connectivity index (χ3v) is 12.6. The molecule has 2 atom stereocenters. The Morgan fingerprint density at radius 3 is 2.35 bits per heavy atom. The van der Waals surface area contributed by atoms with Crippen molar-refractivity contribution in [2.75, 3.05) is 18.0 Å². The Bertz CT molecular complexity index is 2950. The van der Waals surface area contributed by atoms with Crippen LogP contribution in [-0.4, -0.2) is 47.9 Å². The lowest BCUT2D eigenvalue weighted by Gasteiger charge is -2.34. The molecule has 62 heavy (non-hydrogen) atoms. The van der Waals surface area contributed by atoms with Crippen LogP contribution in [0.1, 0.15) is 56.3 Å². The topological polar surface area (TPSA) is 79.4 Å². The fraction of sp³-hybridized carbons (Fsp3) is 0.173. The summed E-state index contributed by atoms with van der Waals surface area (Å²) in [6, 6.07) is 42.3. The number of carbonyl (C=O) groups is 1. The number of benzene rings is 5. The summed E-state index contributed by atoms with van der Waals surface area (Å²) < 4.78 is 46.0. The highest BCUT2D eigenvalue weighted by Gasteiger charge is 2.40. The number of hydrogen-bond donors (Lipinski definition) is 0. The molecule has 0 bridgehead atoms. The van der Waals surface area contributed by atoms with E-state index in [-0.39, 0.29) is 23.8 Å². The molecule has 11 rings (SSSR count). The molecule has 3 aliphatic heterocycles. The van der Waals surface area contributed by atoms with Gasteiger partial charge in [-0.2, -0.15) is 18.3 Å². The normalized spacial score (nSPS) is 18.0. The van der Waals surface area contributed by atoms with Gasteiger partial charge in [0.1, 0.15) is 0 Å². The zero-order chi connectivity index (χ0) is 42.4. The Balaban J connectivity index is 0.000000401. The third-order valence-electron chi connectivity index (χ3n) is 12.6. The summed E-state index contributed by atoms with van der Waals surface area (Å²) in [4.78, 5) is 29.2. The highest BCUT2D eigenvalue weighted by atomic mass is 19.4. The van der Waals surface area contributed by atoms with Gasteiger partial charge in [0, 0.05) is 72.3 Å². The summed E-state index contributed by atoms with van der Waals surface area (Å²) in [5.41, 5.74) is 12.9. The van der Waals surface area contributed by atoms with Crippen LogP contribution in [0.25, 0.3) is 16.8 Å². The van der Waals surface area contributed by atoms with Crippen LogP contribution >= 0.6 is 0 Å². The van der Waals surface area contributed by atoms with E-state index in [4.69, 9.17) is 0 Å². The number of rotatable bonds is 6. The lowest BCUT2D eigenvalue weighted by atomic mass is 9.70. The van der Waals surface area contributed by atoms with Crippen LogP contribution in [-0.2, 0) is 30.5 Å². The molecule has 5 aliphatic rings. The number of halogens is 3. The van der Waals surface area contributed by atoms with Gasteiger partial charge in [-0.15, -0.1) is 5.10 Å². The summed E-state index contributed by atoms with van der Waals surface area (Å²) in [7, 11) is 0. The number of aromatic nitrogens is 1. The van der Waals surface area contributed by atoms with Crippen molar-refractivity contribution in [1.29, 1.82) is 0 Å². The first-order valence-corrected chi connectivity index (χ1v) is 20.8. The summed E-state index contributed by atoms with van der Waals surface area (Å²) in [6.07, 6.45) is 5.79. The predicted molar refractivity (Wildman–Crippen MR) is 239 cm³/mol. The van der Waals surface area contributed by atoms with Gasteiger partial charge in [0.25, 0.3) is 11.5 Å². The number of fused-ring (bicyclic) bond motifs is 7. The van der Waals surface area contributed by atoms with Gasteiger partial charge in [-0.05, 0) is 105 Å². The van der Waals surface area contributed by atoms with Gasteiger partial charge >= 0.3 is 6.18 Å². The maximum Gasteiger partial charge on any atom is 0.412 e. The summed E-state index contributed by atoms with van der Waals surface area (Å²) in [5.74, 6) is -0.866. The molecular weight excluding hydrogens is 784 g/mol. The maximum absolute atomic E-state index is 14.8. The average molecular weight is 824 g/mol. The second-order valence-electron chi connectivity index (χ2n) is 16.1. The van der Waals surface area contributed by atoms with Crippen molar-refractivity contribution < 1.29 is 18.0 Å². The van der Waals surface area contributed by atoms with E-state index >= 15 is 0 Å². The number of pyridine rings is 1. The SMILES string of the molecule is O=C1N=CC=C2C=NN=C12.O=c1ccccn1-c1ccc(C2Cc3c(ccc4c3CC(C(F)(F)F)=CC4c3ccc4c(c3)N(CCc3ccccc3)CC4)-c3ccccc32)cc1. The van der Waals surface area contributed by atoms with Gasteiger partial charge in [0.15, 0.2) is 5.71 Å². The molecule has 1 amide bonds. The van der Waals surface area contributed by atoms with Crippen molar-refractivity contribution in [3.63, 3.8) is 0 Å². The zero-order valence-corrected chi connectivity index (χ0v) is 33.6. The number of aliphatic imine (C=N–C) groups is 1. The van der Waals surface area contributed by atoms with Gasteiger partial charge in [0.05, 0.1) is 6.21 Å². The molecule has 7 nitrogen and oxygen atoms in total. The molecule has 0 N–H and O–H groups in total. The molecule has 2 aliphatic carbocycles. The first-order chi connectivity index (χ1) is 30.2. The van der Waals surface area contributed by atoms with Crippen molar-refractivity contribution in [3.05, 3.63) is 212 Å². The maximum atomic E-state index is 14.8. The van der Waals surface area contributed by atoms with E-state index in [1.807, 2.05) is 42.5 Å². The predicted octanol–water partition coefficient (Wildman–Crippen LogP) is 9.94. The van der Waals surface area contributed by atoms with E-state index < -0.39 is 17.7 Å². The molecule has 2 unspecified atom stereocenters. The standard InChI is InChI=1S/C46H37F3N2O.C6H3N3O/c47-46(48,49)34-27-40(33-14-13-32-22-25-50(44(32)26-33)24-21-30-8-2-1-3-9-30)39-20-19-38-36-10-4-5-11-37(36)41(29-43(38)42(39)28-34)31-15-17-35(18-16-31)51-23-7-6-12-45(51)52;10-6-5-4(1-2-7-6)3-8-9-5/h1-20,23,26-27,40-41H,21-22,24-25,28-29H2;1-3H. The first kappa shape index (κ1) is 39.0. The Morgan fingerprint density at radius 2 is 1.55 bits per heavy atom. The fourth-order valence-electron chi connectivity index (χ4n) is 9.47. The number of hydrogen-bond acceptors (Lipinski definition) is 5. The molecule has 10 heteroatoms. The quantitative estimate of drug-likeness (QED) is 0.157. The molecule has 1 aromatic heterocycles. The van der Waals surface area contributed by atoms with Gasteiger partial charge < -0.3 is 4.90 Å². The highest BCUT2D eigenvalue weighted by molar-refractivity contribution is 6.53. The smallest absolute Gasteiger partial charge is 0.371 e. The molecule has 5 aromatic carbocycles. The number of allylic oxidation sites excluding steroid dienone is 3. The molecule has 0 fully saturated rings. The third kappa shape index (κ3) is 7.35. The van der Waals surface area contributed by atoms with E-state index in [2.05, 4.69) is 92.9 Å². The minimum atomic E-state index is -4.44. The van der Waals surface area contributed by atoms with Crippen molar-refractivity contribution in [3.8, 4) is 16.8 Å². The van der Waals surface area contributed by atoms with Crippen LogP contribution < -0.4 is 10.5 Å².